The minimum atomic E-state index is -0.270. The van der Waals surface area contributed by atoms with Gasteiger partial charge in [-0.25, -0.2) is 0 Å². The van der Waals surface area contributed by atoms with Crippen LogP contribution in [-0.2, 0) is 14.4 Å². The largest absolute Gasteiger partial charge is 0.326 e. The third kappa shape index (κ3) is 5.04. The molecule has 1 saturated heterocycles. The van der Waals surface area contributed by atoms with E-state index >= 15 is 0 Å². The highest BCUT2D eigenvalue weighted by Gasteiger charge is 2.21. The Balaban J connectivity index is 1.60. The molecule has 6 nitrogen and oxygen atoms in total. The molecule has 27 heavy (non-hydrogen) atoms. The van der Waals surface area contributed by atoms with Gasteiger partial charge in [-0.1, -0.05) is 18.2 Å². The topological polar surface area (TPSA) is 78.5 Å². The fourth-order valence-electron chi connectivity index (χ4n) is 2.92. The molecule has 3 amide bonds. The van der Waals surface area contributed by atoms with Crippen molar-refractivity contribution >= 4 is 40.9 Å². The maximum atomic E-state index is 12.1. The van der Waals surface area contributed by atoms with Gasteiger partial charge in [0.05, 0.1) is 0 Å². The minimum Gasteiger partial charge on any atom is -0.326 e. The summed E-state index contributed by atoms with van der Waals surface area (Å²) in [6.07, 6.45) is 4.65. The number of nitrogens with one attached hydrogen (secondary N) is 2. The second-order valence-electron chi connectivity index (χ2n) is 6.33. The third-order valence-electron chi connectivity index (χ3n) is 4.16. The van der Waals surface area contributed by atoms with Crippen molar-refractivity contribution in [2.24, 2.45) is 0 Å². The van der Waals surface area contributed by atoms with E-state index in [-0.39, 0.29) is 17.7 Å². The van der Waals surface area contributed by atoms with Gasteiger partial charge in [-0.3, -0.25) is 14.4 Å². The first-order valence-corrected chi connectivity index (χ1v) is 8.78. The summed E-state index contributed by atoms with van der Waals surface area (Å²) in [4.78, 5) is 36.7. The molecule has 0 unspecified atom stereocenters. The van der Waals surface area contributed by atoms with Crippen LogP contribution in [0.4, 0.5) is 17.1 Å². The lowest BCUT2D eigenvalue weighted by Gasteiger charge is -2.15. The first kappa shape index (κ1) is 18.4. The Kier molecular flexibility index (Phi) is 5.66. The molecule has 0 bridgehead atoms. The molecule has 0 spiro atoms. The van der Waals surface area contributed by atoms with Crippen LogP contribution >= 0.6 is 0 Å². The molecule has 0 atom stereocenters. The van der Waals surface area contributed by atoms with Crippen molar-refractivity contribution in [3.05, 3.63) is 60.2 Å². The standard InChI is InChI=1S/C21H21N3O3/c1-15(25)22-17-4-2-5-18(14-17)23-20(26)12-9-16-7-10-19(11-8-16)24-13-3-6-21(24)27/h2,4-5,7-12,14H,3,6,13H2,1H3,(H,22,25)(H,23,26). The van der Waals surface area contributed by atoms with Crippen LogP contribution in [0.3, 0.4) is 0 Å². The Hall–Kier alpha value is -3.41. The van der Waals surface area contributed by atoms with Crippen molar-refractivity contribution in [2.75, 3.05) is 22.1 Å². The number of nitrogens with zero attached hydrogens (tertiary/aromatic N) is 1. The smallest absolute Gasteiger partial charge is 0.248 e. The maximum Gasteiger partial charge on any atom is 0.248 e. The van der Waals surface area contributed by atoms with Crippen LogP contribution in [0, 0.1) is 0 Å². The molecule has 1 heterocycles. The van der Waals surface area contributed by atoms with Crippen LogP contribution in [-0.4, -0.2) is 24.3 Å². The molecular weight excluding hydrogens is 342 g/mol. The number of amides is 3. The SMILES string of the molecule is CC(=O)Nc1cccc(NC(=O)C=Cc2ccc(N3CCCC3=O)cc2)c1. The second kappa shape index (κ2) is 8.31. The highest BCUT2D eigenvalue weighted by atomic mass is 16.2. The highest BCUT2D eigenvalue weighted by Crippen LogP contribution is 2.22. The predicted molar refractivity (Wildman–Crippen MR) is 106 cm³/mol. The van der Waals surface area contributed by atoms with Crippen LogP contribution in [0.25, 0.3) is 6.08 Å². The molecule has 138 valence electrons. The summed E-state index contributed by atoms with van der Waals surface area (Å²) in [7, 11) is 0. The van der Waals surface area contributed by atoms with Gasteiger partial charge in [-0.05, 0) is 48.4 Å². The van der Waals surface area contributed by atoms with Gasteiger partial charge in [-0.2, -0.15) is 0 Å². The molecule has 2 N–H and O–H groups in total. The number of benzene rings is 2. The number of carbonyl (C=O) groups excluding carboxylic acids is 3. The first-order chi connectivity index (χ1) is 13.0. The number of hydrogen-bond donors (Lipinski definition) is 2. The summed E-state index contributed by atoms with van der Waals surface area (Å²) in [6, 6.07) is 14.5. The van der Waals surface area contributed by atoms with Gasteiger partial charge in [0.2, 0.25) is 17.7 Å². The van der Waals surface area contributed by atoms with Crippen molar-refractivity contribution < 1.29 is 14.4 Å². The summed E-state index contributed by atoms with van der Waals surface area (Å²) in [5, 5.41) is 5.43. The van der Waals surface area contributed by atoms with Gasteiger partial charge in [0.1, 0.15) is 0 Å². The van der Waals surface area contributed by atoms with Gasteiger partial charge in [0.15, 0.2) is 0 Å². The molecule has 0 aromatic heterocycles. The molecule has 0 aliphatic carbocycles. The van der Waals surface area contributed by atoms with E-state index in [0.29, 0.717) is 17.8 Å². The zero-order valence-corrected chi connectivity index (χ0v) is 15.1. The molecule has 1 aliphatic heterocycles. The van der Waals surface area contributed by atoms with Crippen molar-refractivity contribution in [2.45, 2.75) is 19.8 Å². The van der Waals surface area contributed by atoms with Crippen molar-refractivity contribution in [3.8, 4) is 0 Å². The zero-order chi connectivity index (χ0) is 19.2. The normalized spacial score (nSPS) is 13.8. The Morgan fingerprint density at radius 2 is 1.74 bits per heavy atom. The van der Waals surface area contributed by atoms with Crippen molar-refractivity contribution in [3.63, 3.8) is 0 Å². The Morgan fingerprint density at radius 3 is 2.37 bits per heavy atom. The number of hydrogen-bond acceptors (Lipinski definition) is 3. The van der Waals surface area contributed by atoms with Gasteiger partial charge in [0, 0.05) is 43.0 Å². The first-order valence-electron chi connectivity index (χ1n) is 8.78. The Bertz CT molecular complexity index is 888. The maximum absolute atomic E-state index is 12.1. The lowest BCUT2D eigenvalue weighted by Crippen LogP contribution is -2.23. The van der Waals surface area contributed by atoms with Gasteiger partial charge in [-0.15, -0.1) is 0 Å². The number of anilines is 3. The molecule has 1 aliphatic rings. The van der Waals surface area contributed by atoms with E-state index in [0.717, 1.165) is 24.2 Å². The van der Waals surface area contributed by atoms with Crippen molar-refractivity contribution in [1.82, 2.24) is 0 Å². The van der Waals surface area contributed by atoms with E-state index in [1.165, 1.54) is 13.0 Å². The molecule has 0 radical (unpaired) electrons. The highest BCUT2D eigenvalue weighted by molar-refractivity contribution is 6.02. The molecule has 2 aromatic rings. The van der Waals surface area contributed by atoms with E-state index in [9.17, 15) is 14.4 Å². The predicted octanol–water partition coefficient (Wildman–Crippen LogP) is 3.42. The molecule has 6 heteroatoms. The summed E-state index contributed by atoms with van der Waals surface area (Å²) >= 11 is 0. The zero-order valence-electron chi connectivity index (χ0n) is 15.1. The summed E-state index contributed by atoms with van der Waals surface area (Å²) in [5.74, 6) is -0.287. The molecular formula is C21H21N3O3. The Labute approximate surface area is 157 Å². The summed E-state index contributed by atoms with van der Waals surface area (Å²) in [6.45, 7) is 2.19. The lowest BCUT2D eigenvalue weighted by atomic mass is 10.2. The monoisotopic (exact) mass is 363 g/mol. The van der Waals surface area contributed by atoms with Crippen LogP contribution < -0.4 is 15.5 Å². The quantitative estimate of drug-likeness (QED) is 0.799. The second-order valence-corrected chi connectivity index (χ2v) is 6.33. The molecule has 0 saturated carbocycles. The van der Waals surface area contributed by atoms with E-state index in [1.807, 2.05) is 24.3 Å². The van der Waals surface area contributed by atoms with Gasteiger partial charge >= 0.3 is 0 Å². The fraction of sp³-hybridized carbons (Fsp3) is 0.190. The van der Waals surface area contributed by atoms with Crippen LogP contribution in [0.1, 0.15) is 25.3 Å². The van der Waals surface area contributed by atoms with E-state index < -0.39 is 0 Å². The van der Waals surface area contributed by atoms with E-state index in [1.54, 1.807) is 35.2 Å². The van der Waals surface area contributed by atoms with Crippen molar-refractivity contribution in [1.29, 1.82) is 0 Å². The summed E-state index contributed by atoms with van der Waals surface area (Å²) < 4.78 is 0. The van der Waals surface area contributed by atoms with Crippen LogP contribution in [0.5, 0.6) is 0 Å². The fourth-order valence-corrected chi connectivity index (χ4v) is 2.92. The Morgan fingerprint density at radius 1 is 1.04 bits per heavy atom. The molecule has 1 fully saturated rings. The lowest BCUT2D eigenvalue weighted by molar-refractivity contribution is -0.117. The van der Waals surface area contributed by atoms with Gasteiger partial charge in [0.25, 0.3) is 0 Å². The molecule has 3 rings (SSSR count). The van der Waals surface area contributed by atoms with Crippen LogP contribution in [0.2, 0.25) is 0 Å². The number of rotatable bonds is 5. The van der Waals surface area contributed by atoms with E-state index in [4.69, 9.17) is 0 Å². The summed E-state index contributed by atoms with van der Waals surface area (Å²) in [5.41, 5.74) is 2.97. The number of carbonyl (C=O) groups is 3. The van der Waals surface area contributed by atoms with E-state index in [2.05, 4.69) is 10.6 Å². The molecule has 2 aromatic carbocycles. The minimum absolute atomic E-state index is 0.152. The average molecular weight is 363 g/mol. The van der Waals surface area contributed by atoms with Crippen LogP contribution in [0.15, 0.2) is 54.6 Å². The average Bonchev–Trinajstić information content (AvgIpc) is 3.06. The van der Waals surface area contributed by atoms with Gasteiger partial charge < -0.3 is 15.5 Å². The third-order valence-corrected chi connectivity index (χ3v) is 4.16.